The Kier molecular flexibility index (Phi) is 18.8. The van der Waals surface area contributed by atoms with Crippen molar-refractivity contribution in [3.8, 4) is 0 Å². The van der Waals surface area contributed by atoms with Gasteiger partial charge in [-0.3, -0.25) is 9.63 Å². The van der Waals surface area contributed by atoms with Gasteiger partial charge >= 0.3 is 0 Å². The Bertz CT molecular complexity index is 315. The maximum Gasteiger partial charge on any atom is 0.245 e. The number of hydrogen-bond acceptors (Lipinski definition) is 2. The molecule has 0 aliphatic rings. The monoisotopic (exact) mass is 353 g/mol. The summed E-state index contributed by atoms with van der Waals surface area (Å²) < 4.78 is 0. The van der Waals surface area contributed by atoms with Crippen LogP contribution in [0.1, 0.15) is 110 Å². The first-order valence-corrected chi connectivity index (χ1v) is 10.7. The van der Waals surface area contributed by atoms with Crippen molar-refractivity contribution in [2.24, 2.45) is 0 Å². The summed E-state index contributed by atoms with van der Waals surface area (Å²) in [5.41, 5.74) is 0. The number of carbonyl (C=O) groups is 1. The minimum absolute atomic E-state index is 0.0818. The smallest absolute Gasteiger partial charge is 0.245 e. The van der Waals surface area contributed by atoms with Crippen molar-refractivity contribution < 1.29 is 9.63 Å². The zero-order chi connectivity index (χ0) is 18.6. The van der Waals surface area contributed by atoms with E-state index >= 15 is 0 Å². The van der Waals surface area contributed by atoms with Crippen molar-refractivity contribution in [3.63, 3.8) is 0 Å². The number of unbranched alkanes of at least 4 members (excludes halogenated alkanes) is 13. The first-order valence-electron chi connectivity index (χ1n) is 10.7. The average molecular weight is 354 g/mol. The molecule has 3 heteroatoms. The Balaban J connectivity index is 3.15. The molecule has 0 unspecified atom stereocenters. The van der Waals surface area contributed by atoms with Crippen LogP contribution < -0.4 is 0 Å². The maximum atomic E-state index is 11.5. The highest BCUT2D eigenvalue weighted by Crippen LogP contribution is 2.12. The van der Waals surface area contributed by atoms with Crippen molar-refractivity contribution in [3.05, 3.63) is 12.2 Å². The first kappa shape index (κ1) is 24.2. The molecule has 0 saturated heterocycles. The van der Waals surface area contributed by atoms with E-state index in [2.05, 4.69) is 19.1 Å². The largest absolute Gasteiger partial charge is 0.275 e. The van der Waals surface area contributed by atoms with Crippen LogP contribution in [0.25, 0.3) is 0 Å². The van der Waals surface area contributed by atoms with E-state index in [4.69, 9.17) is 4.84 Å². The molecular formula is C22H43NO2. The van der Waals surface area contributed by atoms with Gasteiger partial charge in [-0.1, -0.05) is 83.3 Å². The van der Waals surface area contributed by atoms with Crippen molar-refractivity contribution in [2.75, 3.05) is 14.2 Å². The number of hydrogen-bond donors (Lipinski definition) is 0. The van der Waals surface area contributed by atoms with Gasteiger partial charge < -0.3 is 0 Å². The molecule has 0 saturated carbocycles. The Labute approximate surface area is 157 Å². The summed E-state index contributed by atoms with van der Waals surface area (Å²) in [6.07, 6.45) is 24.9. The van der Waals surface area contributed by atoms with E-state index < -0.39 is 0 Å². The van der Waals surface area contributed by atoms with E-state index in [0.717, 1.165) is 12.8 Å². The van der Waals surface area contributed by atoms with Gasteiger partial charge in [-0.2, -0.15) is 0 Å². The standard InChI is InChI=1S/C22H43NO2/c1-4-5-6-7-8-9-10-11-12-13-14-15-16-17-18-19-20-21-22(24)23(2)25-3/h8-9H,4-7,10-21H2,1-3H3. The summed E-state index contributed by atoms with van der Waals surface area (Å²) in [7, 11) is 3.20. The second-order valence-electron chi connectivity index (χ2n) is 7.12. The van der Waals surface area contributed by atoms with Gasteiger partial charge in [0.2, 0.25) is 5.91 Å². The fourth-order valence-electron chi connectivity index (χ4n) is 2.96. The molecule has 0 atom stereocenters. The molecule has 1 amide bonds. The van der Waals surface area contributed by atoms with Crippen molar-refractivity contribution in [1.29, 1.82) is 0 Å². The summed E-state index contributed by atoms with van der Waals surface area (Å²) in [6.45, 7) is 2.26. The number of allylic oxidation sites excluding steroid dienone is 2. The molecule has 0 radical (unpaired) electrons. The van der Waals surface area contributed by atoms with Crippen LogP contribution in [0.15, 0.2) is 12.2 Å². The Morgan fingerprint density at radius 3 is 1.68 bits per heavy atom. The molecule has 0 aromatic heterocycles. The van der Waals surface area contributed by atoms with Gasteiger partial charge in [0.25, 0.3) is 0 Å². The summed E-state index contributed by atoms with van der Waals surface area (Å²) in [4.78, 5) is 16.4. The van der Waals surface area contributed by atoms with Crippen molar-refractivity contribution in [1.82, 2.24) is 5.06 Å². The average Bonchev–Trinajstić information content (AvgIpc) is 2.63. The summed E-state index contributed by atoms with van der Waals surface area (Å²) in [6, 6.07) is 0. The molecule has 25 heavy (non-hydrogen) atoms. The predicted octanol–water partition coefficient (Wildman–Crippen LogP) is 6.82. The lowest BCUT2D eigenvalue weighted by atomic mass is 10.0. The highest BCUT2D eigenvalue weighted by molar-refractivity contribution is 5.74. The quantitative estimate of drug-likeness (QED) is 0.154. The third-order valence-corrected chi connectivity index (χ3v) is 4.78. The van der Waals surface area contributed by atoms with E-state index in [0.29, 0.717) is 6.42 Å². The van der Waals surface area contributed by atoms with Crippen LogP contribution in [-0.4, -0.2) is 25.1 Å². The number of nitrogens with zero attached hydrogens (tertiary/aromatic N) is 1. The van der Waals surface area contributed by atoms with Gasteiger partial charge in [0.05, 0.1) is 7.11 Å². The molecule has 0 heterocycles. The minimum atomic E-state index is 0.0818. The van der Waals surface area contributed by atoms with Gasteiger partial charge in [0.15, 0.2) is 0 Å². The third-order valence-electron chi connectivity index (χ3n) is 4.78. The molecule has 0 aliphatic heterocycles. The molecule has 0 bridgehead atoms. The Hall–Kier alpha value is -0.830. The zero-order valence-electron chi connectivity index (χ0n) is 17.2. The van der Waals surface area contributed by atoms with Gasteiger partial charge in [0, 0.05) is 13.5 Å². The Morgan fingerprint density at radius 2 is 1.20 bits per heavy atom. The molecule has 0 aromatic carbocycles. The molecule has 148 valence electrons. The van der Waals surface area contributed by atoms with Crippen molar-refractivity contribution in [2.45, 2.75) is 110 Å². The van der Waals surface area contributed by atoms with Gasteiger partial charge in [0.1, 0.15) is 0 Å². The fraction of sp³-hybridized carbons (Fsp3) is 0.864. The number of hydroxylamine groups is 2. The van der Waals surface area contributed by atoms with Crippen LogP contribution in [0.3, 0.4) is 0 Å². The van der Waals surface area contributed by atoms with Crippen LogP contribution in [0.2, 0.25) is 0 Å². The highest BCUT2D eigenvalue weighted by atomic mass is 16.7. The lowest BCUT2D eigenvalue weighted by Gasteiger charge is -2.12. The fourth-order valence-corrected chi connectivity index (χ4v) is 2.96. The zero-order valence-corrected chi connectivity index (χ0v) is 17.2. The molecule has 0 rings (SSSR count). The summed E-state index contributed by atoms with van der Waals surface area (Å²) in [5.74, 6) is 0.0818. The van der Waals surface area contributed by atoms with Gasteiger partial charge in [-0.25, -0.2) is 5.06 Å². The maximum absolute atomic E-state index is 11.5. The van der Waals surface area contributed by atoms with E-state index in [1.165, 1.54) is 95.6 Å². The second kappa shape index (κ2) is 19.5. The molecular weight excluding hydrogens is 310 g/mol. The first-order chi connectivity index (χ1) is 12.2. The van der Waals surface area contributed by atoms with Gasteiger partial charge in [-0.15, -0.1) is 0 Å². The molecule has 0 fully saturated rings. The normalized spacial score (nSPS) is 11.3. The van der Waals surface area contributed by atoms with Crippen LogP contribution in [0.5, 0.6) is 0 Å². The molecule has 0 spiro atoms. The molecule has 0 aromatic rings. The van der Waals surface area contributed by atoms with Crippen LogP contribution in [-0.2, 0) is 9.63 Å². The molecule has 0 aliphatic carbocycles. The van der Waals surface area contributed by atoms with Crippen LogP contribution in [0, 0.1) is 0 Å². The lowest BCUT2D eigenvalue weighted by Crippen LogP contribution is -2.24. The highest BCUT2D eigenvalue weighted by Gasteiger charge is 2.06. The van der Waals surface area contributed by atoms with E-state index in [9.17, 15) is 4.79 Å². The van der Waals surface area contributed by atoms with E-state index in [1.807, 2.05) is 0 Å². The van der Waals surface area contributed by atoms with Crippen molar-refractivity contribution >= 4 is 5.91 Å². The summed E-state index contributed by atoms with van der Waals surface area (Å²) in [5, 5.41) is 1.32. The number of rotatable bonds is 18. The lowest BCUT2D eigenvalue weighted by molar-refractivity contribution is -0.168. The van der Waals surface area contributed by atoms with E-state index in [-0.39, 0.29) is 5.91 Å². The third kappa shape index (κ3) is 17.8. The number of carbonyl (C=O) groups excluding carboxylic acids is 1. The van der Waals surface area contributed by atoms with Crippen LogP contribution in [0.4, 0.5) is 0 Å². The summed E-state index contributed by atoms with van der Waals surface area (Å²) >= 11 is 0. The Morgan fingerprint density at radius 1 is 0.760 bits per heavy atom. The predicted molar refractivity (Wildman–Crippen MR) is 108 cm³/mol. The molecule has 3 nitrogen and oxygen atoms in total. The second-order valence-corrected chi connectivity index (χ2v) is 7.12. The van der Waals surface area contributed by atoms with E-state index in [1.54, 1.807) is 7.05 Å². The topological polar surface area (TPSA) is 29.5 Å². The minimum Gasteiger partial charge on any atom is -0.275 e. The SMILES string of the molecule is CCCCCC=CCCCCCCCCCCCCC(=O)N(C)OC. The number of amides is 1. The molecule has 0 N–H and O–H groups in total. The van der Waals surface area contributed by atoms with Gasteiger partial charge in [-0.05, 0) is 32.1 Å². The van der Waals surface area contributed by atoms with Crippen LogP contribution >= 0.6 is 0 Å².